The van der Waals surface area contributed by atoms with Crippen LogP contribution in [0.1, 0.15) is 5.69 Å². The molecular formula is C13H16IN3O. The van der Waals surface area contributed by atoms with E-state index in [2.05, 4.69) is 57.2 Å². The summed E-state index contributed by atoms with van der Waals surface area (Å²) in [5, 5.41) is 3.27. The Morgan fingerprint density at radius 2 is 2.11 bits per heavy atom. The Morgan fingerprint density at radius 3 is 2.83 bits per heavy atom. The van der Waals surface area contributed by atoms with E-state index in [4.69, 9.17) is 4.74 Å². The minimum Gasteiger partial charge on any atom is -0.383 e. The number of imidazole rings is 1. The number of methoxy groups -OCH3 is 1. The van der Waals surface area contributed by atoms with Crippen LogP contribution in [0.3, 0.4) is 0 Å². The average Bonchev–Trinajstić information content (AvgIpc) is 2.84. The molecule has 0 atom stereocenters. The first-order chi connectivity index (χ1) is 8.79. The van der Waals surface area contributed by atoms with Crippen molar-refractivity contribution in [3.8, 4) is 5.69 Å². The summed E-state index contributed by atoms with van der Waals surface area (Å²) >= 11 is 2.30. The van der Waals surface area contributed by atoms with E-state index in [-0.39, 0.29) is 0 Å². The molecule has 96 valence electrons. The van der Waals surface area contributed by atoms with E-state index in [0.717, 1.165) is 31.1 Å². The SMILES string of the molecule is COCCNCc1cn(-c2ccc(I)cc2)cn1. The molecule has 0 spiro atoms. The van der Waals surface area contributed by atoms with Crippen LogP contribution in [0.25, 0.3) is 5.69 Å². The van der Waals surface area contributed by atoms with Gasteiger partial charge in [0.1, 0.15) is 0 Å². The first kappa shape index (κ1) is 13.5. The summed E-state index contributed by atoms with van der Waals surface area (Å²) in [7, 11) is 1.70. The van der Waals surface area contributed by atoms with E-state index in [1.807, 2.05) is 17.1 Å². The van der Waals surface area contributed by atoms with Crippen LogP contribution in [0.15, 0.2) is 36.8 Å². The third kappa shape index (κ3) is 3.79. The summed E-state index contributed by atoms with van der Waals surface area (Å²) in [5.74, 6) is 0. The van der Waals surface area contributed by atoms with Gasteiger partial charge in [0, 0.05) is 35.7 Å². The van der Waals surface area contributed by atoms with Gasteiger partial charge in [-0.05, 0) is 46.9 Å². The zero-order valence-electron chi connectivity index (χ0n) is 10.3. The highest BCUT2D eigenvalue weighted by Gasteiger charge is 2.00. The third-order valence-electron chi connectivity index (χ3n) is 2.55. The van der Waals surface area contributed by atoms with Gasteiger partial charge in [-0.2, -0.15) is 0 Å². The predicted octanol–water partition coefficient (Wildman–Crippen LogP) is 2.21. The minimum absolute atomic E-state index is 0.720. The van der Waals surface area contributed by atoms with Gasteiger partial charge in [-0.1, -0.05) is 0 Å². The Bertz CT molecular complexity index is 481. The molecule has 4 nitrogen and oxygen atoms in total. The molecule has 2 rings (SSSR count). The molecule has 0 radical (unpaired) electrons. The van der Waals surface area contributed by atoms with Gasteiger partial charge in [-0.15, -0.1) is 0 Å². The van der Waals surface area contributed by atoms with Crippen LogP contribution in [0.2, 0.25) is 0 Å². The molecule has 0 amide bonds. The van der Waals surface area contributed by atoms with Crippen LogP contribution in [0.4, 0.5) is 0 Å². The number of ether oxygens (including phenoxy) is 1. The second-order valence-electron chi connectivity index (χ2n) is 3.92. The van der Waals surface area contributed by atoms with Crippen LogP contribution in [0, 0.1) is 3.57 Å². The number of hydrogen-bond donors (Lipinski definition) is 1. The number of benzene rings is 1. The molecule has 0 saturated heterocycles. The van der Waals surface area contributed by atoms with Crippen molar-refractivity contribution in [1.29, 1.82) is 0 Å². The van der Waals surface area contributed by atoms with E-state index in [9.17, 15) is 0 Å². The molecule has 1 aromatic carbocycles. The highest BCUT2D eigenvalue weighted by Crippen LogP contribution is 2.11. The second-order valence-corrected chi connectivity index (χ2v) is 5.16. The Kier molecular flexibility index (Phi) is 5.15. The standard InChI is InChI=1S/C13H16IN3O/c1-18-7-6-15-8-12-9-17(10-16-12)13-4-2-11(14)3-5-13/h2-5,9-10,15H,6-8H2,1H3. The van der Waals surface area contributed by atoms with Crippen LogP contribution in [0.5, 0.6) is 0 Å². The predicted molar refractivity (Wildman–Crippen MR) is 79.9 cm³/mol. The molecule has 0 aliphatic heterocycles. The van der Waals surface area contributed by atoms with Crippen LogP contribution in [-0.4, -0.2) is 29.8 Å². The molecule has 0 unspecified atom stereocenters. The van der Waals surface area contributed by atoms with Gasteiger partial charge in [0.05, 0.1) is 18.6 Å². The molecule has 0 aliphatic rings. The van der Waals surface area contributed by atoms with Gasteiger partial charge in [-0.25, -0.2) is 4.98 Å². The first-order valence-electron chi connectivity index (χ1n) is 5.78. The molecule has 1 N–H and O–H groups in total. The molecule has 5 heteroatoms. The van der Waals surface area contributed by atoms with Crippen molar-refractivity contribution in [2.45, 2.75) is 6.54 Å². The van der Waals surface area contributed by atoms with Gasteiger partial charge < -0.3 is 14.6 Å². The molecule has 0 saturated carbocycles. The van der Waals surface area contributed by atoms with Crippen LogP contribution >= 0.6 is 22.6 Å². The Morgan fingerprint density at radius 1 is 1.33 bits per heavy atom. The lowest BCUT2D eigenvalue weighted by Gasteiger charge is -2.02. The highest BCUT2D eigenvalue weighted by atomic mass is 127. The maximum absolute atomic E-state index is 4.98. The van der Waals surface area contributed by atoms with E-state index in [0.29, 0.717) is 0 Å². The van der Waals surface area contributed by atoms with Gasteiger partial charge in [0.2, 0.25) is 0 Å². The molecule has 1 aromatic heterocycles. The van der Waals surface area contributed by atoms with Crippen molar-refractivity contribution in [2.24, 2.45) is 0 Å². The molecule has 18 heavy (non-hydrogen) atoms. The number of rotatable bonds is 6. The van der Waals surface area contributed by atoms with E-state index in [1.54, 1.807) is 7.11 Å². The van der Waals surface area contributed by atoms with Crippen molar-refractivity contribution in [2.75, 3.05) is 20.3 Å². The highest BCUT2D eigenvalue weighted by molar-refractivity contribution is 14.1. The third-order valence-corrected chi connectivity index (χ3v) is 3.27. The van der Waals surface area contributed by atoms with E-state index < -0.39 is 0 Å². The van der Waals surface area contributed by atoms with Crippen molar-refractivity contribution >= 4 is 22.6 Å². The summed E-state index contributed by atoms with van der Waals surface area (Å²) in [5.41, 5.74) is 2.16. The minimum atomic E-state index is 0.720. The van der Waals surface area contributed by atoms with Crippen molar-refractivity contribution < 1.29 is 4.74 Å². The van der Waals surface area contributed by atoms with E-state index >= 15 is 0 Å². The molecule has 0 aliphatic carbocycles. The molecular weight excluding hydrogens is 341 g/mol. The fraction of sp³-hybridized carbons (Fsp3) is 0.308. The smallest absolute Gasteiger partial charge is 0.0995 e. The van der Waals surface area contributed by atoms with Gasteiger partial charge >= 0.3 is 0 Å². The second kappa shape index (κ2) is 6.86. The average molecular weight is 357 g/mol. The fourth-order valence-electron chi connectivity index (χ4n) is 1.60. The lowest BCUT2D eigenvalue weighted by molar-refractivity contribution is 0.199. The summed E-state index contributed by atoms with van der Waals surface area (Å²) in [6.07, 6.45) is 3.89. The lowest BCUT2D eigenvalue weighted by Crippen LogP contribution is -2.18. The van der Waals surface area contributed by atoms with Crippen LogP contribution < -0.4 is 5.32 Å². The summed E-state index contributed by atoms with van der Waals surface area (Å²) in [6.45, 7) is 2.32. The van der Waals surface area contributed by atoms with Gasteiger partial charge in [0.15, 0.2) is 0 Å². The monoisotopic (exact) mass is 357 g/mol. The van der Waals surface area contributed by atoms with Gasteiger partial charge in [0.25, 0.3) is 0 Å². The maximum atomic E-state index is 4.98. The fourth-order valence-corrected chi connectivity index (χ4v) is 1.96. The van der Waals surface area contributed by atoms with Crippen molar-refractivity contribution in [3.05, 3.63) is 46.1 Å². The van der Waals surface area contributed by atoms with Gasteiger partial charge in [-0.3, -0.25) is 0 Å². The van der Waals surface area contributed by atoms with E-state index in [1.165, 1.54) is 3.57 Å². The number of halogens is 1. The zero-order chi connectivity index (χ0) is 12.8. The number of nitrogens with one attached hydrogen (secondary N) is 1. The quantitative estimate of drug-likeness (QED) is 0.637. The zero-order valence-corrected chi connectivity index (χ0v) is 12.4. The topological polar surface area (TPSA) is 39.1 Å². The summed E-state index contributed by atoms with van der Waals surface area (Å²) in [6, 6.07) is 8.36. The number of aromatic nitrogens is 2. The Hall–Kier alpha value is -0.920. The molecule has 2 aromatic rings. The lowest BCUT2D eigenvalue weighted by atomic mass is 10.3. The molecule has 1 heterocycles. The number of hydrogen-bond acceptors (Lipinski definition) is 3. The summed E-state index contributed by atoms with van der Waals surface area (Å²) in [4.78, 5) is 4.37. The first-order valence-corrected chi connectivity index (χ1v) is 6.86. The van der Waals surface area contributed by atoms with Crippen molar-refractivity contribution in [3.63, 3.8) is 0 Å². The largest absolute Gasteiger partial charge is 0.383 e. The number of nitrogens with zero attached hydrogens (tertiary/aromatic N) is 2. The summed E-state index contributed by atoms with van der Waals surface area (Å²) < 4.78 is 8.24. The van der Waals surface area contributed by atoms with Crippen molar-refractivity contribution in [1.82, 2.24) is 14.9 Å². The van der Waals surface area contributed by atoms with Crippen LogP contribution in [-0.2, 0) is 11.3 Å². The Labute approximate surface area is 121 Å². The maximum Gasteiger partial charge on any atom is 0.0995 e. The normalized spacial score (nSPS) is 10.8. The molecule has 0 fully saturated rings. The Balaban J connectivity index is 1.95. The molecule has 0 bridgehead atoms.